The summed E-state index contributed by atoms with van der Waals surface area (Å²) in [5.74, 6) is 2.67. The van der Waals surface area contributed by atoms with Crippen molar-refractivity contribution >= 4 is 28.6 Å². The Morgan fingerprint density at radius 2 is 1.26 bits per heavy atom. The molecule has 282 valence electrons. The van der Waals surface area contributed by atoms with E-state index in [1.54, 1.807) is 0 Å². The number of aliphatic imine (C=N–C) groups is 2. The summed E-state index contributed by atoms with van der Waals surface area (Å²) in [5, 5.41) is 19.3. The number of carbonyl (C=O) groups is 1. The summed E-state index contributed by atoms with van der Waals surface area (Å²) >= 11 is 0. The maximum Gasteiger partial charge on any atom is 0.196 e. The van der Waals surface area contributed by atoms with E-state index in [1.807, 2.05) is 39.8 Å². The van der Waals surface area contributed by atoms with Gasteiger partial charge in [0.15, 0.2) is 5.78 Å². The summed E-state index contributed by atoms with van der Waals surface area (Å²) in [5.41, 5.74) is 13.5. The molecule has 0 amide bonds. The highest BCUT2D eigenvalue weighted by atomic mass is 16.6. The Morgan fingerprint density at radius 1 is 0.704 bits per heavy atom. The van der Waals surface area contributed by atoms with Crippen LogP contribution in [0, 0.1) is 39.5 Å². The van der Waals surface area contributed by atoms with Crippen LogP contribution in [-0.4, -0.2) is 84.5 Å². The van der Waals surface area contributed by atoms with Crippen LogP contribution in [0.25, 0.3) is 22.3 Å². The Bertz CT molecular complexity index is 2120. The van der Waals surface area contributed by atoms with Gasteiger partial charge in [-0.05, 0) is 112 Å². The van der Waals surface area contributed by atoms with Gasteiger partial charge in [-0.2, -0.15) is 0 Å². The molecule has 2 saturated heterocycles. The Kier molecular flexibility index (Phi) is 9.43. The van der Waals surface area contributed by atoms with Gasteiger partial charge in [0.1, 0.15) is 29.8 Å². The fourth-order valence-corrected chi connectivity index (χ4v) is 8.21. The molecule has 2 aliphatic carbocycles. The lowest BCUT2D eigenvalue weighted by Crippen LogP contribution is -2.35. The van der Waals surface area contributed by atoms with Crippen LogP contribution in [0.2, 0.25) is 0 Å². The number of hydrogen-bond acceptors (Lipinski definition) is 12. The number of fused-ring (bicyclic) bond motifs is 2. The van der Waals surface area contributed by atoms with Crippen molar-refractivity contribution in [2.45, 2.75) is 84.5 Å². The number of aryl methyl sites for hydroxylation is 4. The summed E-state index contributed by atoms with van der Waals surface area (Å²) < 4.78 is 33.1. The van der Waals surface area contributed by atoms with Crippen molar-refractivity contribution < 1.29 is 37.9 Å². The Labute approximate surface area is 313 Å². The molecule has 2 saturated carbocycles. The molecule has 54 heavy (non-hydrogen) atoms. The maximum atomic E-state index is 13.2. The van der Waals surface area contributed by atoms with Gasteiger partial charge in [-0.1, -0.05) is 10.3 Å². The average molecular weight is 735 g/mol. The number of hydrogen-bond donors (Lipinski definition) is 1. The predicted molar refractivity (Wildman–Crippen MR) is 200 cm³/mol. The first-order valence-corrected chi connectivity index (χ1v) is 19.2. The molecule has 4 aromatic rings. The summed E-state index contributed by atoms with van der Waals surface area (Å²) in [4.78, 5) is 23.0. The number of aliphatic hydroxyl groups excluding tert-OH is 1. The molecule has 6 aliphatic rings. The van der Waals surface area contributed by atoms with Gasteiger partial charge in [0.05, 0.1) is 62.4 Å². The van der Waals surface area contributed by atoms with Crippen molar-refractivity contribution in [3.8, 4) is 22.3 Å². The lowest BCUT2D eigenvalue weighted by molar-refractivity contribution is -0.133. The van der Waals surface area contributed by atoms with Crippen LogP contribution < -0.4 is 0 Å². The maximum absolute atomic E-state index is 13.2. The van der Waals surface area contributed by atoms with E-state index < -0.39 is 12.2 Å². The molecule has 4 aliphatic heterocycles. The predicted octanol–water partition coefficient (Wildman–Crippen LogP) is 7.04. The van der Waals surface area contributed by atoms with E-state index in [1.165, 1.54) is 42.7 Å². The topological polar surface area (TPSA) is 151 Å². The van der Waals surface area contributed by atoms with E-state index in [0.29, 0.717) is 57.0 Å². The van der Waals surface area contributed by atoms with Crippen molar-refractivity contribution in [2.24, 2.45) is 21.8 Å². The van der Waals surface area contributed by atoms with Crippen LogP contribution in [-0.2, 0) is 31.8 Å². The lowest BCUT2D eigenvalue weighted by Gasteiger charge is -2.28. The van der Waals surface area contributed by atoms with Gasteiger partial charge in [0.25, 0.3) is 0 Å². The van der Waals surface area contributed by atoms with E-state index in [9.17, 15) is 9.90 Å². The van der Waals surface area contributed by atoms with Gasteiger partial charge in [-0.3, -0.25) is 14.8 Å². The van der Waals surface area contributed by atoms with Crippen LogP contribution in [0.4, 0.5) is 11.4 Å². The quantitative estimate of drug-likeness (QED) is 0.187. The van der Waals surface area contributed by atoms with Crippen molar-refractivity contribution in [1.29, 1.82) is 0 Å². The standard InChI is InChI=1S/C21H24N2O4.C21H22N2O4/c2*1-11-19(12(2)27-23-11)14-7-15-9-17(13-3-4-13)22-20(15)16(8-14)21(24)18-10-25-5-6-26-18/h7-8,13,18,21,24H,3-6,9-10H2,1-2H3;7-8,13,18H,3-6,9-10H2,1-2H3. The minimum Gasteiger partial charge on any atom is -0.386 e. The minimum atomic E-state index is -0.776. The molecule has 0 spiro atoms. The monoisotopic (exact) mass is 734 g/mol. The number of ketones is 1. The molecule has 10 rings (SSSR count). The van der Waals surface area contributed by atoms with Gasteiger partial charge in [0.2, 0.25) is 0 Å². The average Bonchev–Trinajstić information content (AvgIpc) is 4.08. The Balaban J connectivity index is 0.000000142. The second kappa shape index (κ2) is 14.4. The second-order valence-corrected chi connectivity index (χ2v) is 15.3. The van der Waals surface area contributed by atoms with Gasteiger partial charge >= 0.3 is 0 Å². The van der Waals surface area contributed by atoms with Gasteiger partial charge in [-0.25, -0.2) is 0 Å². The number of benzene rings is 2. The number of ether oxygens (including phenoxy) is 4. The fraction of sp³-hybridized carbons (Fsp3) is 0.500. The molecule has 1 N–H and O–H groups in total. The van der Waals surface area contributed by atoms with Crippen molar-refractivity contribution in [3.63, 3.8) is 0 Å². The van der Waals surface area contributed by atoms with Crippen LogP contribution in [0.1, 0.15) is 81.7 Å². The van der Waals surface area contributed by atoms with Gasteiger partial charge in [0, 0.05) is 46.5 Å². The molecule has 6 heterocycles. The highest BCUT2D eigenvalue weighted by molar-refractivity contribution is 6.09. The van der Waals surface area contributed by atoms with Crippen molar-refractivity contribution in [3.05, 3.63) is 69.4 Å². The SMILES string of the molecule is Cc1noc(C)c1-c1cc2c(c(C(=O)C3COCCO3)c1)N=C(C1CC1)C2.Cc1noc(C)c1-c1cc2c(c(C(O)C3COCCO3)c1)N=C(C1CC1)C2. The lowest BCUT2D eigenvalue weighted by atomic mass is 9.92. The van der Waals surface area contributed by atoms with Gasteiger partial charge in [-0.15, -0.1) is 0 Å². The number of carbonyl (C=O) groups excluding carboxylic acids is 1. The molecule has 2 aromatic carbocycles. The number of nitrogens with zero attached hydrogens (tertiary/aromatic N) is 4. The van der Waals surface area contributed by atoms with Crippen LogP contribution in [0.5, 0.6) is 0 Å². The van der Waals surface area contributed by atoms with Crippen molar-refractivity contribution in [1.82, 2.24) is 10.3 Å². The first kappa shape index (κ1) is 35.4. The molecule has 3 unspecified atom stereocenters. The van der Waals surface area contributed by atoms with E-state index in [4.69, 9.17) is 38.0 Å². The molecule has 12 nitrogen and oxygen atoms in total. The number of rotatable bonds is 8. The fourth-order valence-electron chi connectivity index (χ4n) is 8.21. The first-order valence-electron chi connectivity index (χ1n) is 19.2. The van der Waals surface area contributed by atoms with Crippen LogP contribution in [0.3, 0.4) is 0 Å². The molecule has 0 bridgehead atoms. The summed E-state index contributed by atoms with van der Waals surface area (Å²) in [6, 6.07) is 8.25. The van der Waals surface area contributed by atoms with E-state index >= 15 is 0 Å². The second-order valence-electron chi connectivity index (χ2n) is 15.3. The number of aliphatic hydroxyl groups is 1. The highest BCUT2D eigenvalue weighted by Crippen LogP contribution is 2.46. The van der Waals surface area contributed by atoms with Crippen LogP contribution in [0.15, 0.2) is 43.3 Å². The zero-order chi connectivity index (χ0) is 37.1. The smallest absolute Gasteiger partial charge is 0.196 e. The third kappa shape index (κ3) is 6.79. The highest BCUT2D eigenvalue weighted by Gasteiger charge is 2.37. The molecule has 4 fully saturated rings. The minimum absolute atomic E-state index is 0.0552. The molecule has 3 atom stereocenters. The normalized spacial score (nSPS) is 22.5. The molecule has 12 heteroatoms. The summed E-state index contributed by atoms with van der Waals surface area (Å²) in [6.07, 6.45) is 4.81. The molecule has 0 radical (unpaired) electrons. The van der Waals surface area contributed by atoms with E-state index in [0.717, 1.165) is 80.5 Å². The van der Waals surface area contributed by atoms with Crippen molar-refractivity contribution in [2.75, 3.05) is 39.6 Å². The summed E-state index contributed by atoms with van der Waals surface area (Å²) in [7, 11) is 0. The first-order chi connectivity index (χ1) is 26.2. The third-order valence-corrected chi connectivity index (χ3v) is 11.3. The zero-order valence-electron chi connectivity index (χ0n) is 31.3. The Morgan fingerprint density at radius 3 is 1.78 bits per heavy atom. The Hall–Kier alpha value is -4.33. The summed E-state index contributed by atoms with van der Waals surface area (Å²) in [6.45, 7) is 10.4. The third-order valence-electron chi connectivity index (χ3n) is 11.3. The van der Waals surface area contributed by atoms with Crippen LogP contribution >= 0.6 is 0 Å². The zero-order valence-corrected chi connectivity index (χ0v) is 31.3. The molecular formula is C42H46N4O8. The number of aromatic nitrogens is 2. The largest absolute Gasteiger partial charge is 0.386 e. The molecular weight excluding hydrogens is 688 g/mol. The molecule has 2 aromatic heterocycles. The van der Waals surface area contributed by atoms with E-state index in [2.05, 4.69) is 22.4 Å². The number of Topliss-reactive ketones (excluding diaryl/α,β-unsaturated/α-hetero) is 1. The van der Waals surface area contributed by atoms with Gasteiger partial charge < -0.3 is 33.1 Å². The van der Waals surface area contributed by atoms with E-state index in [-0.39, 0.29) is 11.9 Å².